The lowest BCUT2D eigenvalue weighted by molar-refractivity contribution is -0.113. The van der Waals surface area contributed by atoms with Crippen LogP contribution in [0.4, 0.5) is 10.8 Å². The van der Waals surface area contributed by atoms with Crippen molar-refractivity contribution in [2.45, 2.75) is 47.4 Å². The summed E-state index contributed by atoms with van der Waals surface area (Å²) in [4.78, 5) is 12.4. The average Bonchev–Trinajstić information content (AvgIpc) is 3.12. The van der Waals surface area contributed by atoms with Crippen LogP contribution in [0.3, 0.4) is 0 Å². The third kappa shape index (κ3) is 5.02. The van der Waals surface area contributed by atoms with E-state index in [9.17, 15) is 13.2 Å². The predicted octanol–water partition coefficient (Wildman–Crippen LogP) is 2.80. The van der Waals surface area contributed by atoms with Crippen LogP contribution in [0.5, 0.6) is 0 Å². The number of aromatic nitrogens is 2. The van der Waals surface area contributed by atoms with E-state index in [0.717, 1.165) is 32.1 Å². The van der Waals surface area contributed by atoms with E-state index in [4.69, 9.17) is 5.73 Å². The van der Waals surface area contributed by atoms with Gasteiger partial charge in [0.1, 0.15) is 4.90 Å². The summed E-state index contributed by atoms with van der Waals surface area (Å²) in [6.45, 7) is 0. The van der Waals surface area contributed by atoms with Crippen LogP contribution in [0, 0.1) is 0 Å². The van der Waals surface area contributed by atoms with Gasteiger partial charge in [0, 0.05) is 13.1 Å². The van der Waals surface area contributed by atoms with Gasteiger partial charge in [-0.05, 0) is 25.0 Å². The van der Waals surface area contributed by atoms with Gasteiger partial charge in [-0.3, -0.25) is 4.79 Å². The molecule has 1 aromatic carbocycles. The molecule has 2 aromatic rings. The Labute approximate surface area is 173 Å². The predicted molar refractivity (Wildman–Crippen MR) is 112 cm³/mol. The molecule has 8 nitrogen and oxygen atoms in total. The number of hydrogen-bond acceptors (Lipinski definition) is 8. The molecule has 0 saturated heterocycles. The zero-order chi connectivity index (χ0) is 20.1. The lowest BCUT2D eigenvalue weighted by atomic mass is 9.96. The first kappa shape index (κ1) is 21.0. The Bertz CT molecular complexity index is 926. The highest BCUT2D eigenvalue weighted by Crippen LogP contribution is 2.30. The normalized spacial score (nSPS) is 15.6. The summed E-state index contributed by atoms with van der Waals surface area (Å²) in [7, 11) is -2.08. The van der Waals surface area contributed by atoms with Crippen molar-refractivity contribution in [3.05, 3.63) is 24.3 Å². The topological polar surface area (TPSA) is 118 Å². The van der Waals surface area contributed by atoms with Crippen LogP contribution in [0.15, 0.2) is 33.5 Å². The van der Waals surface area contributed by atoms with Crippen LogP contribution < -0.4 is 11.1 Å². The maximum atomic E-state index is 13.2. The van der Waals surface area contributed by atoms with Crippen molar-refractivity contribution in [2.24, 2.45) is 0 Å². The number of rotatable bonds is 7. The number of sulfonamides is 1. The second-order valence-electron chi connectivity index (χ2n) is 6.55. The number of hydrogen-bond donors (Lipinski definition) is 2. The maximum absolute atomic E-state index is 13.2. The molecule has 1 amide bonds. The Morgan fingerprint density at radius 1 is 1.29 bits per heavy atom. The monoisotopic (exact) mass is 441 g/mol. The number of carbonyl (C=O) groups is 1. The van der Waals surface area contributed by atoms with Crippen LogP contribution in [0.1, 0.15) is 32.1 Å². The molecule has 1 aliphatic carbocycles. The fourth-order valence-electron chi connectivity index (χ4n) is 3.18. The molecular weight excluding hydrogens is 418 g/mol. The molecule has 3 rings (SSSR count). The van der Waals surface area contributed by atoms with Gasteiger partial charge in [0.25, 0.3) is 0 Å². The van der Waals surface area contributed by atoms with Crippen molar-refractivity contribution in [3.63, 3.8) is 0 Å². The number of carbonyl (C=O) groups excluding carboxylic acids is 1. The molecule has 1 fully saturated rings. The van der Waals surface area contributed by atoms with E-state index in [2.05, 4.69) is 15.5 Å². The molecule has 0 spiro atoms. The number of para-hydroxylation sites is 1. The molecule has 28 heavy (non-hydrogen) atoms. The van der Waals surface area contributed by atoms with E-state index in [1.54, 1.807) is 25.2 Å². The Kier molecular flexibility index (Phi) is 6.91. The molecule has 0 aliphatic heterocycles. The minimum Gasteiger partial charge on any atom is -0.374 e. The molecule has 0 bridgehead atoms. The highest BCUT2D eigenvalue weighted by Gasteiger charge is 2.31. The first-order valence-electron chi connectivity index (χ1n) is 8.96. The fourth-order valence-corrected chi connectivity index (χ4v) is 6.18. The van der Waals surface area contributed by atoms with E-state index in [1.807, 2.05) is 0 Å². The summed E-state index contributed by atoms with van der Waals surface area (Å²) in [6.07, 6.45) is 4.96. The van der Waals surface area contributed by atoms with E-state index >= 15 is 0 Å². The highest BCUT2D eigenvalue weighted by molar-refractivity contribution is 8.01. The number of nitrogens with zero attached hydrogens (tertiary/aromatic N) is 3. The van der Waals surface area contributed by atoms with Gasteiger partial charge in [0.15, 0.2) is 4.34 Å². The average molecular weight is 442 g/mol. The number of nitrogen functional groups attached to an aromatic ring is 1. The fraction of sp³-hybridized carbons (Fsp3) is 0.471. The minimum absolute atomic E-state index is 0.000856. The molecule has 152 valence electrons. The molecule has 0 radical (unpaired) electrons. The summed E-state index contributed by atoms with van der Waals surface area (Å²) in [5.41, 5.74) is 5.81. The third-order valence-corrected chi connectivity index (χ3v) is 8.51. The van der Waals surface area contributed by atoms with Gasteiger partial charge in [0.05, 0.1) is 11.4 Å². The molecular formula is C17H23N5O3S3. The zero-order valence-electron chi connectivity index (χ0n) is 15.5. The van der Waals surface area contributed by atoms with Gasteiger partial charge < -0.3 is 11.1 Å². The van der Waals surface area contributed by atoms with Crippen molar-refractivity contribution in [3.8, 4) is 0 Å². The van der Waals surface area contributed by atoms with E-state index in [0.29, 0.717) is 9.47 Å². The maximum Gasteiger partial charge on any atom is 0.245 e. The SMILES string of the molecule is CN(C1CCCCC1)S(=O)(=O)c1ccccc1NC(=O)CSc1nnc(N)s1. The molecule has 11 heteroatoms. The number of thioether (sulfide) groups is 1. The van der Waals surface area contributed by atoms with Crippen molar-refractivity contribution >= 4 is 49.8 Å². The molecule has 1 aromatic heterocycles. The first-order valence-corrected chi connectivity index (χ1v) is 12.2. The van der Waals surface area contributed by atoms with Crippen molar-refractivity contribution in [1.82, 2.24) is 14.5 Å². The summed E-state index contributed by atoms with van der Waals surface area (Å²) in [5, 5.41) is 10.6. The third-order valence-electron chi connectivity index (χ3n) is 4.66. The van der Waals surface area contributed by atoms with E-state index in [1.165, 1.54) is 33.5 Å². The second-order valence-corrected chi connectivity index (χ2v) is 10.7. The van der Waals surface area contributed by atoms with E-state index in [-0.39, 0.29) is 28.3 Å². The minimum atomic E-state index is -3.70. The number of nitrogens with two attached hydrogens (primary N) is 1. The summed E-state index contributed by atoms with van der Waals surface area (Å²) in [6, 6.07) is 6.50. The lowest BCUT2D eigenvalue weighted by Gasteiger charge is -2.30. The molecule has 1 saturated carbocycles. The number of amides is 1. The Hall–Kier alpha value is -1.69. The van der Waals surface area contributed by atoms with Crippen LogP contribution in [-0.4, -0.2) is 47.7 Å². The second kappa shape index (κ2) is 9.21. The van der Waals surface area contributed by atoms with Gasteiger partial charge >= 0.3 is 0 Å². The van der Waals surface area contributed by atoms with Crippen LogP contribution in [0.2, 0.25) is 0 Å². The quantitative estimate of drug-likeness (QED) is 0.634. The number of benzene rings is 1. The van der Waals surface area contributed by atoms with Gasteiger partial charge in [-0.2, -0.15) is 4.31 Å². The van der Waals surface area contributed by atoms with Gasteiger partial charge in [-0.1, -0.05) is 54.5 Å². The van der Waals surface area contributed by atoms with Gasteiger partial charge in [-0.15, -0.1) is 10.2 Å². The van der Waals surface area contributed by atoms with Crippen molar-refractivity contribution < 1.29 is 13.2 Å². The van der Waals surface area contributed by atoms with Crippen LogP contribution in [0.25, 0.3) is 0 Å². The van der Waals surface area contributed by atoms with Crippen molar-refractivity contribution in [1.29, 1.82) is 0 Å². The zero-order valence-corrected chi connectivity index (χ0v) is 17.9. The molecule has 1 aliphatic rings. The van der Waals surface area contributed by atoms with Crippen molar-refractivity contribution in [2.75, 3.05) is 23.9 Å². The Morgan fingerprint density at radius 3 is 2.68 bits per heavy atom. The smallest absolute Gasteiger partial charge is 0.245 e. The van der Waals surface area contributed by atoms with E-state index < -0.39 is 10.0 Å². The highest BCUT2D eigenvalue weighted by atomic mass is 32.2. The van der Waals surface area contributed by atoms with Gasteiger partial charge in [0.2, 0.25) is 21.1 Å². The Balaban J connectivity index is 1.71. The lowest BCUT2D eigenvalue weighted by Crippen LogP contribution is -2.38. The first-order chi connectivity index (χ1) is 13.4. The summed E-state index contributed by atoms with van der Waals surface area (Å²) in [5.74, 6) is -0.233. The standard InChI is InChI=1S/C17H23N5O3S3/c1-22(12-7-3-2-4-8-12)28(24,25)14-10-6-5-9-13(14)19-15(23)11-26-17-21-20-16(18)27-17/h5-6,9-10,12H,2-4,7-8,11H2,1H3,(H2,18,20)(H,19,23). The van der Waals surface area contributed by atoms with Crippen LogP contribution >= 0.6 is 23.1 Å². The van der Waals surface area contributed by atoms with Gasteiger partial charge in [-0.25, -0.2) is 8.42 Å². The Morgan fingerprint density at radius 2 is 2.00 bits per heavy atom. The number of nitrogens with one attached hydrogen (secondary N) is 1. The molecule has 0 unspecified atom stereocenters. The van der Waals surface area contributed by atoms with Crippen LogP contribution in [-0.2, 0) is 14.8 Å². The number of anilines is 2. The summed E-state index contributed by atoms with van der Waals surface area (Å²) >= 11 is 2.40. The molecule has 0 atom stereocenters. The molecule has 3 N–H and O–H groups in total. The largest absolute Gasteiger partial charge is 0.374 e. The summed E-state index contributed by atoms with van der Waals surface area (Å²) < 4.78 is 28.4. The molecule has 1 heterocycles.